The first kappa shape index (κ1) is 16.6. The predicted molar refractivity (Wildman–Crippen MR) is 84.9 cm³/mol. The predicted octanol–water partition coefficient (Wildman–Crippen LogP) is 2.52. The minimum absolute atomic E-state index is 0.425. The molecular formula is C16H19F2N3OSe. The van der Waals surface area contributed by atoms with E-state index in [1.165, 1.54) is 34.5 Å². The van der Waals surface area contributed by atoms with Crippen molar-refractivity contribution in [2.75, 3.05) is 26.2 Å². The zero-order valence-corrected chi connectivity index (χ0v) is 14.5. The van der Waals surface area contributed by atoms with Crippen molar-refractivity contribution in [3.63, 3.8) is 0 Å². The van der Waals surface area contributed by atoms with E-state index in [1.807, 2.05) is 6.07 Å². The average molecular weight is 386 g/mol. The Morgan fingerprint density at radius 1 is 1.13 bits per heavy atom. The van der Waals surface area contributed by atoms with E-state index in [1.54, 1.807) is 6.20 Å². The topological polar surface area (TPSA) is 30.3 Å². The molecule has 0 saturated carbocycles. The van der Waals surface area contributed by atoms with E-state index in [0.29, 0.717) is 18.9 Å². The van der Waals surface area contributed by atoms with E-state index in [9.17, 15) is 8.78 Å². The quantitative estimate of drug-likeness (QED) is 0.565. The standard InChI is InChI=1S/C16H19F2N3OSe/c17-15-2-1-14(11-16(15)18)21-4-3-13(19-21)12-22-8-5-20-6-9-23-10-7-20/h1-4,11H,5-10,12H2. The molecule has 2 aromatic rings. The second-order valence-corrected chi connectivity index (χ2v) is 7.93. The van der Waals surface area contributed by atoms with E-state index in [2.05, 4.69) is 10.00 Å². The normalized spacial score (nSPS) is 15.9. The summed E-state index contributed by atoms with van der Waals surface area (Å²) in [6.45, 7) is 4.45. The number of halogens is 2. The van der Waals surface area contributed by atoms with Gasteiger partial charge in [0.25, 0.3) is 0 Å². The van der Waals surface area contributed by atoms with Crippen molar-refractivity contribution >= 4 is 15.0 Å². The van der Waals surface area contributed by atoms with Gasteiger partial charge in [0.05, 0.1) is 0 Å². The van der Waals surface area contributed by atoms with Crippen molar-refractivity contribution in [3.8, 4) is 5.69 Å². The molecule has 0 unspecified atom stereocenters. The molecule has 1 saturated heterocycles. The molecule has 3 rings (SSSR count). The van der Waals surface area contributed by atoms with Crippen molar-refractivity contribution in [2.24, 2.45) is 0 Å². The Balaban J connectivity index is 1.48. The summed E-state index contributed by atoms with van der Waals surface area (Å²) >= 11 is 0.837. The van der Waals surface area contributed by atoms with Crippen LogP contribution in [-0.4, -0.2) is 55.9 Å². The third-order valence-electron chi connectivity index (χ3n) is 3.72. The van der Waals surface area contributed by atoms with E-state index in [-0.39, 0.29) is 0 Å². The van der Waals surface area contributed by atoms with Crippen LogP contribution in [0.1, 0.15) is 5.69 Å². The molecule has 124 valence electrons. The van der Waals surface area contributed by atoms with Crippen molar-refractivity contribution < 1.29 is 13.5 Å². The van der Waals surface area contributed by atoms with Gasteiger partial charge >= 0.3 is 114 Å². The summed E-state index contributed by atoms with van der Waals surface area (Å²) < 4.78 is 33.4. The number of hydrogen-bond acceptors (Lipinski definition) is 3. The van der Waals surface area contributed by atoms with Crippen LogP contribution in [0.5, 0.6) is 0 Å². The second kappa shape index (κ2) is 8.01. The number of benzene rings is 1. The fraction of sp³-hybridized carbons (Fsp3) is 0.438. The summed E-state index contributed by atoms with van der Waals surface area (Å²) in [5.74, 6) is -1.73. The molecule has 0 N–H and O–H groups in total. The molecule has 1 aliphatic heterocycles. The van der Waals surface area contributed by atoms with Crippen LogP contribution in [0.4, 0.5) is 8.78 Å². The molecule has 1 aromatic heterocycles. The molecule has 0 radical (unpaired) electrons. The number of rotatable bonds is 6. The molecule has 7 heteroatoms. The SMILES string of the molecule is Fc1ccc(-n2ccc(COCCN3CC[Se]CC3)n2)cc1F. The van der Waals surface area contributed by atoms with E-state index < -0.39 is 11.6 Å². The first-order valence-corrected chi connectivity index (χ1v) is 10.0. The number of hydrogen-bond donors (Lipinski definition) is 0. The molecule has 0 atom stereocenters. The molecular weight excluding hydrogens is 367 g/mol. The van der Waals surface area contributed by atoms with Crippen LogP contribution in [0, 0.1) is 11.6 Å². The van der Waals surface area contributed by atoms with Crippen molar-refractivity contribution in [1.29, 1.82) is 0 Å². The molecule has 0 spiro atoms. The van der Waals surface area contributed by atoms with Crippen LogP contribution in [0.25, 0.3) is 5.69 Å². The molecule has 1 aliphatic rings. The van der Waals surface area contributed by atoms with Gasteiger partial charge < -0.3 is 0 Å². The van der Waals surface area contributed by atoms with Gasteiger partial charge in [-0.15, -0.1) is 0 Å². The molecule has 1 fully saturated rings. The fourth-order valence-electron chi connectivity index (χ4n) is 2.41. The van der Waals surface area contributed by atoms with Crippen LogP contribution in [0.3, 0.4) is 0 Å². The van der Waals surface area contributed by atoms with Crippen LogP contribution in [0.15, 0.2) is 30.5 Å². The summed E-state index contributed by atoms with van der Waals surface area (Å²) in [5, 5.41) is 7.00. The zero-order chi connectivity index (χ0) is 16.1. The summed E-state index contributed by atoms with van der Waals surface area (Å²) in [5.41, 5.74) is 1.27. The van der Waals surface area contributed by atoms with Crippen molar-refractivity contribution in [2.45, 2.75) is 17.2 Å². The van der Waals surface area contributed by atoms with E-state index in [0.717, 1.165) is 39.3 Å². The van der Waals surface area contributed by atoms with Crippen molar-refractivity contribution in [1.82, 2.24) is 14.7 Å². The van der Waals surface area contributed by atoms with Gasteiger partial charge in [0.15, 0.2) is 11.6 Å². The smallest absolute Gasteiger partial charge is 0.204 e. The van der Waals surface area contributed by atoms with Gasteiger partial charge in [0, 0.05) is 0 Å². The molecule has 0 amide bonds. The Morgan fingerprint density at radius 2 is 1.96 bits per heavy atom. The summed E-state index contributed by atoms with van der Waals surface area (Å²) in [4.78, 5) is 2.44. The summed E-state index contributed by atoms with van der Waals surface area (Å²) in [7, 11) is 0. The van der Waals surface area contributed by atoms with Crippen molar-refractivity contribution in [3.05, 3.63) is 47.8 Å². The molecule has 0 bridgehead atoms. The van der Waals surface area contributed by atoms with Gasteiger partial charge in [-0.05, 0) is 6.07 Å². The number of ether oxygens (including phenoxy) is 1. The number of nitrogens with zero attached hydrogens (tertiary/aromatic N) is 3. The van der Waals surface area contributed by atoms with Gasteiger partial charge in [-0.25, -0.2) is 8.78 Å². The minimum Gasteiger partial charge on any atom is -0.204 e. The Kier molecular flexibility index (Phi) is 5.78. The maximum atomic E-state index is 13.3. The second-order valence-electron chi connectivity index (χ2n) is 5.36. The Bertz CT molecular complexity index is 644. The van der Waals surface area contributed by atoms with Gasteiger partial charge in [-0.1, -0.05) is 0 Å². The van der Waals surface area contributed by atoms with Crippen LogP contribution >= 0.6 is 0 Å². The van der Waals surface area contributed by atoms with E-state index >= 15 is 0 Å². The van der Waals surface area contributed by atoms with E-state index in [4.69, 9.17) is 4.74 Å². The first-order chi connectivity index (χ1) is 11.2. The number of aromatic nitrogens is 2. The Labute approximate surface area is 140 Å². The summed E-state index contributed by atoms with van der Waals surface area (Å²) in [6.07, 6.45) is 1.72. The van der Waals surface area contributed by atoms with Gasteiger partial charge in [-0.3, -0.25) is 0 Å². The Morgan fingerprint density at radius 3 is 2.74 bits per heavy atom. The Hall–Kier alpha value is -1.27. The van der Waals surface area contributed by atoms with Crippen LogP contribution in [-0.2, 0) is 11.3 Å². The minimum atomic E-state index is -0.876. The van der Waals surface area contributed by atoms with Gasteiger partial charge in [0.1, 0.15) is 0 Å². The third-order valence-corrected chi connectivity index (χ3v) is 5.69. The average Bonchev–Trinajstić information content (AvgIpc) is 3.04. The van der Waals surface area contributed by atoms with Gasteiger partial charge in [-0.2, -0.15) is 0 Å². The molecule has 4 nitrogen and oxygen atoms in total. The molecule has 1 aromatic carbocycles. The van der Waals surface area contributed by atoms with Gasteiger partial charge in [0.2, 0.25) is 0 Å². The maximum absolute atomic E-state index is 13.3. The third kappa shape index (κ3) is 4.61. The zero-order valence-electron chi connectivity index (χ0n) is 12.8. The monoisotopic (exact) mass is 387 g/mol. The van der Waals surface area contributed by atoms with Crippen LogP contribution < -0.4 is 0 Å². The first-order valence-electron chi connectivity index (χ1n) is 7.60. The molecule has 23 heavy (non-hydrogen) atoms. The van der Waals surface area contributed by atoms with Crippen LogP contribution in [0.2, 0.25) is 10.6 Å². The summed E-state index contributed by atoms with van der Waals surface area (Å²) in [6, 6.07) is 5.55. The molecule has 0 aliphatic carbocycles. The fourth-order valence-corrected chi connectivity index (χ4v) is 4.46. The molecule has 2 heterocycles.